The lowest BCUT2D eigenvalue weighted by Crippen LogP contribution is -2.55. The fourth-order valence-corrected chi connectivity index (χ4v) is 5.44. The van der Waals surface area contributed by atoms with E-state index in [-0.39, 0.29) is 31.1 Å². The standard InChI is InChI=1S/C26H30BrClN4O4/c1-3-36-24(33)22(14-17-12-16(2)23(28)20(27)13-17)30-25(34)31-10-8-19(9-11-31)32-15-18-6-4-5-7-21(18)29-26(32)35/h4-7,12-13,19,22H,3,8-11,14-15H2,1-2H3,(H,29,35)(H,30,34). The van der Waals surface area contributed by atoms with Crippen LogP contribution in [0.15, 0.2) is 40.9 Å². The van der Waals surface area contributed by atoms with Gasteiger partial charge >= 0.3 is 18.0 Å². The highest BCUT2D eigenvalue weighted by atomic mass is 79.9. The number of aryl methyl sites for hydroxylation is 1. The number of hydrogen-bond donors (Lipinski definition) is 2. The van der Waals surface area contributed by atoms with Crippen LogP contribution in [0.1, 0.15) is 36.5 Å². The Morgan fingerprint density at radius 2 is 1.97 bits per heavy atom. The number of para-hydroxylation sites is 1. The first-order valence-corrected chi connectivity index (χ1v) is 13.3. The van der Waals surface area contributed by atoms with E-state index in [9.17, 15) is 14.4 Å². The smallest absolute Gasteiger partial charge is 0.329 e. The lowest BCUT2D eigenvalue weighted by atomic mass is 10.0. The van der Waals surface area contributed by atoms with E-state index in [1.54, 1.807) is 11.8 Å². The molecule has 192 valence electrons. The Labute approximate surface area is 224 Å². The van der Waals surface area contributed by atoms with Crippen LogP contribution in [0.2, 0.25) is 5.02 Å². The Morgan fingerprint density at radius 1 is 1.25 bits per heavy atom. The SMILES string of the molecule is CCOC(=O)C(Cc1cc(C)c(Cl)c(Br)c1)NC(=O)N1CCC(N2Cc3ccccc3NC2=O)CC1. The van der Waals surface area contributed by atoms with Gasteiger partial charge in [-0.15, -0.1) is 0 Å². The van der Waals surface area contributed by atoms with Gasteiger partial charge in [0.05, 0.1) is 11.6 Å². The number of esters is 1. The maximum atomic E-state index is 13.1. The average Bonchev–Trinajstić information content (AvgIpc) is 2.86. The molecule has 2 aliphatic heterocycles. The monoisotopic (exact) mass is 576 g/mol. The first-order chi connectivity index (χ1) is 17.3. The number of ether oxygens (including phenoxy) is 1. The van der Waals surface area contributed by atoms with Crippen molar-refractivity contribution >= 4 is 51.2 Å². The van der Waals surface area contributed by atoms with Crippen LogP contribution >= 0.6 is 27.5 Å². The van der Waals surface area contributed by atoms with Crippen LogP contribution < -0.4 is 10.6 Å². The summed E-state index contributed by atoms with van der Waals surface area (Å²) in [7, 11) is 0. The molecule has 4 amide bonds. The van der Waals surface area contributed by atoms with E-state index in [1.807, 2.05) is 48.2 Å². The highest BCUT2D eigenvalue weighted by Crippen LogP contribution is 2.29. The molecule has 0 saturated carbocycles. The van der Waals surface area contributed by atoms with Crippen LogP contribution in [0.5, 0.6) is 0 Å². The molecule has 0 aromatic heterocycles. The number of halogens is 2. The molecule has 4 rings (SSSR count). The van der Waals surface area contributed by atoms with Crippen molar-refractivity contribution in [3.8, 4) is 0 Å². The van der Waals surface area contributed by atoms with Gasteiger partial charge in [0.25, 0.3) is 0 Å². The van der Waals surface area contributed by atoms with Gasteiger partial charge in [-0.05, 0) is 71.4 Å². The molecule has 0 bridgehead atoms. The Bertz CT molecular complexity index is 1130. The third-order valence-electron chi connectivity index (χ3n) is 6.63. The first kappa shape index (κ1) is 26.3. The van der Waals surface area contributed by atoms with Gasteiger partial charge in [-0.1, -0.05) is 35.9 Å². The average molecular weight is 578 g/mol. The van der Waals surface area contributed by atoms with Crippen LogP contribution in [0, 0.1) is 6.92 Å². The maximum absolute atomic E-state index is 13.1. The minimum atomic E-state index is -0.827. The van der Waals surface area contributed by atoms with Crippen molar-refractivity contribution in [2.45, 2.75) is 51.7 Å². The summed E-state index contributed by atoms with van der Waals surface area (Å²) < 4.78 is 5.96. The Kier molecular flexibility index (Phi) is 8.41. The van der Waals surface area contributed by atoms with Crippen molar-refractivity contribution in [1.29, 1.82) is 0 Å². The van der Waals surface area contributed by atoms with Crippen LogP contribution in [0.25, 0.3) is 0 Å². The number of urea groups is 2. The number of nitrogens with one attached hydrogen (secondary N) is 2. The second-order valence-electron chi connectivity index (χ2n) is 9.10. The summed E-state index contributed by atoms with van der Waals surface area (Å²) in [5.74, 6) is -0.479. The molecular weight excluding hydrogens is 548 g/mol. The highest BCUT2D eigenvalue weighted by Gasteiger charge is 2.33. The van der Waals surface area contributed by atoms with Gasteiger partial charge in [0, 0.05) is 42.3 Å². The Balaban J connectivity index is 1.37. The van der Waals surface area contributed by atoms with Gasteiger partial charge < -0.3 is 25.2 Å². The summed E-state index contributed by atoms with van der Waals surface area (Å²) in [6, 6.07) is 10.3. The zero-order valence-corrected chi connectivity index (χ0v) is 22.7. The highest BCUT2D eigenvalue weighted by molar-refractivity contribution is 9.10. The summed E-state index contributed by atoms with van der Waals surface area (Å²) in [5.41, 5.74) is 3.67. The molecule has 0 aliphatic carbocycles. The van der Waals surface area contributed by atoms with Gasteiger partial charge in [-0.2, -0.15) is 0 Å². The molecular formula is C26H30BrClN4O4. The molecule has 0 radical (unpaired) electrons. The van der Waals surface area contributed by atoms with Gasteiger partial charge in [0.15, 0.2) is 0 Å². The summed E-state index contributed by atoms with van der Waals surface area (Å²) >= 11 is 9.69. The minimum Gasteiger partial charge on any atom is -0.464 e. The van der Waals surface area contributed by atoms with Gasteiger partial charge in [0.1, 0.15) is 6.04 Å². The Morgan fingerprint density at radius 3 is 2.67 bits per heavy atom. The van der Waals surface area contributed by atoms with Crippen LogP contribution in [0.3, 0.4) is 0 Å². The molecule has 8 nitrogen and oxygen atoms in total. The normalized spacial score (nSPS) is 16.7. The largest absolute Gasteiger partial charge is 0.464 e. The van der Waals surface area contributed by atoms with E-state index in [2.05, 4.69) is 26.6 Å². The number of benzene rings is 2. The van der Waals surface area contributed by atoms with Gasteiger partial charge in [0.2, 0.25) is 0 Å². The van der Waals surface area contributed by atoms with Crippen molar-refractivity contribution in [1.82, 2.24) is 15.1 Å². The predicted molar refractivity (Wildman–Crippen MR) is 142 cm³/mol. The minimum absolute atomic E-state index is 0.0395. The number of fused-ring (bicyclic) bond motifs is 1. The number of rotatable bonds is 6. The number of hydrogen-bond acceptors (Lipinski definition) is 4. The second kappa shape index (κ2) is 11.5. The number of piperidine rings is 1. The van der Waals surface area contributed by atoms with Crippen molar-refractivity contribution in [2.75, 3.05) is 25.0 Å². The quantitative estimate of drug-likeness (QED) is 0.467. The summed E-state index contributed by atoms with van der Waals surface area (Å²) in [6.07, 6.45) is 1.61. The van der Waals surface area contributed by atoms with Gasteiger partial charge in [-0.3, -0.25) is 0 Å². The van der Waals surface area contributed by atoms with Crippen molar-refractivity contribution < 1.29 is 19.1 Å². The number of carbonyl (C=O) groups is 3. The number of amides is 4. The lowest BCUT2D eigenvalue weighted by Gasteiger charge is -2.40. The number of anilines is 1. The molecule has 1 fully saturated rings. The number of nitrogens with zero attached hydrogens (tertiary/aromatic N) is 2. The number of carbonyl (C=O) groups excluding carboxylic acids is 3. The fraction of sp³-hybridized carbons (Fsp3) is 0.423. The molecule has 2 aromatic rings. The molecule has 10 heteroatoms. The molecule has 2 aromatic carbocycles. The third kappa shape index (κ3) is 5.95. The second-order valence-corrected chi connectivity index (χ2v) is 10.3. The molecule has 2 heterocycles. The molecule has 1 unspecified atom stereocenters. The molecule has 0 spiro atoms. The van der Waals surface area contributed by atoms with E-state index in [4.69, 9.17) is 16.3 Å². The molecule has 2 aliphatic rings. The lowest BCUT2D eigenvalue weighted by molar-refractivity contribution is -0.145. The van der Waals surface area contributed by atoms with Crippen LogP contribution in [-0.4, -0.2) is 59.6 Å². The van der Waals surface area contributed by atoms with E-state index in [0.717, 1.165) is 26.9 Å². The van der Waals surface area contributed by atoms with E-state index >= 15 is 0 Å². The van der Waals surface area contributed by atoms with E-state index in [0.29, 0.717) is 37.5 Å². The van der Waals surface area contributed by atoms with Crippen molar-refractivity contribution in [3.05, 3.63) is 62.6 Å². The van der Waals surface area contributed by atoms with Crippen molar-refractivity contribution in [2.24, 2.45) is 0 Å². The zero-order valence-electron chi connectivity index (χ0n) is 20.4. The molecule has 1 atom stereocenters. The first-order valence-electron chi connectivity index (χ1n) is 12.1. The molecule has 2 N–H and O–H groups in total. The van der Waals surface area contributed by atoms with E-state index < -0.39 is 12.0 Å². The van der Waals surface area contributed by atoms with Gasteiger partial charge in [-0.25, -0.2) is 14.4 Å². The predicted octanol–water partition coefficient (Wildman–Crippen LogP) is 5.11. The van der Waals surface area contributed by atoms with Crippen LogP contribution in [0.4, 0.5) is 15.3 Å². The Hall–Kier alpha value is -2.78. The summed E-state index contributed by atoms with van der Waals surface area (Å²) in [6.45, 7) is 5.38. The molecule has 36 heavy (non-hydrogen) atoms. The van der Waals surface area contributed by atoms with E-state index in [1.165, 1.54) is 0 Å². The van der Waals surface area contributed by atoms with Crippen LogP contribution in [-0.2, 0) is 22.5 Å². The summed E-state index contributed by atoms with van der Waals surface area (Å²) in [5, 5.41) is 6.43. The van der Waals surface area contributed by atoms with Crippen molar-refractivity contribution in [3.63, 3.8) is 0 Å². The topological polar surface area (TPSA) is 91.0 Å². The zero-order chi connectivity index (χ0) is 25.8. The molecule has 1 saturated heterocycles. The fourth-order valence-electron chi connectivity index (χ4n) is 4.73. The number of likely N-dealkylation sites (tertiary alicyclic amines) is 1. The maximum Gasteiger partial charge on any atom is 0.329 e. The third-order valence-corrected chi connectivity index (χ3v) is 7.99. The summed E-state index contributed by atoms with van der Waals surface area (Å²) in [4.78, 5) is 41.9.